The van der Waals surface area contributed by atoms with E-state index >= 15 is 0 Å². The summed E-state index contributed by atoms with van der Waals surface area (Å²) in [5.41, 5.74) is 0.780. The minimum absolute atomic E-state index is 0.199. The lowest BCUT2D eigenvalue weighted by molar-refractivity contribution is 0.319. The number of nitriles is 1. The first-order valence-electron chi connectivity index (χ1n) is 7.31. The zero-order chi connectivity index (χ0) is 17.4. The molecule has 0 aliphatic heterocycles. The number of thiocarbonyl (C=S) groups is 1. The number of rotatable bonds is 6. The number of halogens is 1. The van der Waals surface area contributed by atoms with Crippen molar-refractivity contribution < 1.29 is 9.13 Å². The largest absolute Gasteiger partial charge is 0.491 e. The van der Waals surface area contributed by atoms with Gasteiger partial charge in [-0.15, -0.1) is 0 Å². The molecule has 0 bridgehead atoms. The van der Waals surface area contributed by atoms with E-state index in [0.29, 0.717) is 41.8 Å². The third kappa shape index (κ3) is 4.86. The van der Waals surface area contributed by atoms with Crippen LogP contribution in [0.15, 0.2) is 30.6 Å². The molecule has 24 heavy (non-hydrogen) atoms. The van der Waals surface area contributed by atoms with Gasteiger partial charge in [-0.25, -0.2) is 9.37 Å². The summed E-state index contributed by atoms with van der Waals surface area (Å²) in [5.74, 6) is 0.271. The van der Waals surface area contributed by atoms with Crippen LogP contribution in [0.4, 0.5) is 10.2 Å². The van der Waals surface area contributed by atoms with Gasteiger partial charge >= 0.3 is 0 Å². The number of nitrogens with one attached hydrogen (secondary N) is 2. The molecule has 6 nitrogen and oxygen atoms in total. The van der Waals surface area contributed by atoms with Gasteiger partial charge in [0.15, 0.2) is 16.7 Å². The maximum Gasteiger partial charge on any atom is 0.186 e. The van der Waals surface area contributed by atoms with Crippen LogP contribution < -0.4 is 15.4 Å². The summed E-state index contributed by atoms with van der Waals surface area (Å²) < 4.78 is 19.3. The van der Waals surface area contributed by atoms with Crippen molar-refractivity contribution in [3.8, 4) is 11.8 Å². The maximum absolute atomic E-state index is 14.1. The lowest BCUT2D eigenvalue weighted by Gasteiger charge is -2.11. The zero-order valence-corrected chi connectivity index (χ0v) is 13.9. The van der Waals surface area contributed by atoms with Gasteiger partial charge in [-0.3, -0.25) is 4.98 Å². The highest BCUT2D eigenvalue weighted by Crippen LogP contribution is 2.18. The molecule has 0 aliphatic carbocycles. The van der Waals surface area contributed by atoms with Crippen LogP contribution in [0.3, 0.4) is 0 Å². The molecule has 2 aromatic heterocycles. The van der Waals surface area contributed by atoms with Crippen molar-refractivity contribution in [2.45, 2.75) is 13.3 Å². The Morgan fingerprint density at radius 1 is 1.38 bits per heavy atom. The molecule has 124 valence electrons. The van der Waals surface area contributed by atoms with Gasteiger partial charge in [-0.05, 0) is 31.3 Å². The molecular weight excluding hydrogens is 329 g/mol. The third-order valence-corrected chi connectivity index (χ3v) is 3.25. The van der Waals surface area contributed by atoms with E-state index in [2.05, 4.69) is 20.6 Å². The average Bonchev–Trinajstić information content (AvgIpc) is 2.59. The highest BCUT2D eigenvalue weighted by Gasteiger charge is 2.10. The Kier molecular flexibility index (Phi) is 6.40. The molecule has 2 aromatic rings. The van der Waals surface area contributed by atoms with Crippen molar-refractivity contribution in [3.05, 3.63) is 47.7 Å². The minimum Gasteiger partial charge on any atom is -0.491 e. The topological polar surface area (TPSA) is 82.9 Å². The number of pyridine rings is 2. The molecule has 0 aromatic carbocycles. The SMILES string of the molecule is CCOc1ccnc(CCNC(=S)Nc2ccc(C#N)cn2)c1F. The molecular formula is C16H16FN5OS. The molecule has 0 spiro atoms. The van der Waals surface area contributed by atoms with Gasteiger partial charge < -0.3 is 15.4 Å². The number of ether oxygens (including phenoxy) is 1. The van der Waals surface area contributed by atoms with Crippen molar-refractivity contribution >= 4 is 23.1 Å². The molecule has 8 heteroatoms. The van der Waals surface area contributed by atoms with Gasteiger partial charge in [0.25, 0.3) is 0 Å². The third-order valence-electron chi connectivity index (χ3n) is 3.01. The molecule has 0 amide bonds. The van der Waals surface area contributed by atoms with Crippen LogP contribution in [0.1, 0.15) is 18.2 Å². The summed E-state index contributed by atoms with van der Waals surface area (Å²) in [6, 6.07) is 6.77. The highest BCUT2D eigenvalue weighted by atomic mass is 32.1. The Morgan fingerprint density at radius 3 is 2.88 bits per heavy atom. The van der Waals surface area contributed by atoms with Crippen molar-refractivity contribution in [2.24, 2.45) is 0 Å². The summed E-state index contributed by atoms with van der Waals surface area (Å²) in [6.07, 6.45) is 3.32. The lowest BCUT2D eigenvalue weighted by Crippen LogP contribution is -2.30. The Labute approximate surface area is 144 Å². The van der Waals surface area contributed by atoms with Crippen LogP contribution in [-0.2, 0) is 6.42 Å². The minimum atomic E-state index is -0.450. The predicted octanol–water partition coefficient (Wildman–Crippen LogP) is 2.42. The Balaban J connectivity index is 1.84. The van der Waals surface area contributed by atoms with Gasteiger partial charge in [-0.1, -0.05) is 0 Å². The predicted molar refractivity (Wildman–Crippen MR) is 92.2 cm³/mol. The zero-order valence-electron chi connectivity index (χ0n) is 13.0. The van der Waals surface area contributed by atoms with Gasteiger partial charge in [-0.2, -0.15) is 5.26 Å². The number of nitrogens with zero attached hydrogens (tertiary/aromatic N) is 3. The summed E-state index contributed by atoms with van der Waals surface area (Å²) in [5, 5.41) is 14.9. The second-order valence-corrected chi connectivity index (χ2v) is 5.09. The van der Waals surface area contributed by atoms with E-state index in [1.807, 2.05) is 6.07 Å². The number of hydrogen-bond acceptors (Lipinski definition) is 5. The Morgan fingerprint density at radius 2 is 2.21 bits per heavy atom. The first kappa shape index (κ1) is 17.6. The molecule has 0 aliphatic rings. The van der Waals surface area contributed by atoms with Crippen LogP contribution in [0.5, 0.6) is 5.75 Å². The van der Waals surface area contributed by atoms with E-state index < -0.39 is 5.82 Å². The quantitative estimate of drug-likeness (QED) is 0.778. The van der Waals surface area contributed by atoms with Gasteiger partial charge in [0.2, 0.25) is 0 Å². The van der Waals surface area contributed by atoms with Crippen LogP contribution in [0, 0.1) is 17.1 Å². The van der Waals surface area contributed by atoms with Gasteiger partial charge in [0.05, 0.1) is 17.9 Å². The maximum atomic E-state index is 14.1. The number of aromatic nitrogens is 2. The van der Waals surface area contributed by atoms with Crippen LogP contribution in [0.25, 0.3) is 0 Å². The van der Waals surface area contributed by atoms with Crippen LogP contribution >= 0.6 is 12.2 Å². The molecule has 2 N–H and O–H groups in total. The molecule has 2 heterocycles. The van der Waals surface area contributed by atoms with Gasteiger partial charge in [0.1, 0.15) is 11.9 Å². The summed E-state index contributed by atoms with van der Waals surface area (Å²) in [7, 11) is 0. The molecule has 0 radical (unpaired) electrons. The Hall–Kier alpha value is -2.79. The van der Waals surface area contributed by atoms with Crippen molar-refractivity contribution in [1.82, 2.24) is 15.3 Å². The van der Waals surface area contributed by atoms with E-state index in [1.54, 1.807) is 19.1 Å². The second kappa shape index (κ2) is 8.74. The number of anilines is 1. The van der Waals surface area contributed by atoms with Crippen molar-refractivity contribution in [2.75, 3.05) is 18.5 Å². The fourth-order valence-corrected chi connectivity index (χ4v) is 2.10. The fraction of sp³-hybridized carbons (Fsp3) is 0.250. The molecule has 0 fully saturated rings. The van der Waals surface area contributed by atoms with E-state index in [1.165, 1.54) is 18.5 Å². The summed E-state index contributed by atoms with van der Waals surface area (Å²) >= 11 is 5.15. The lowest BCUT2D eigenvalue weighted by atomic mass is 10.2. The molecule has 0 unspecified atom stereocenters. The Bertz CT molecular complexity index is 745. The van der Waals surface area contributed by atoms with E-state index in [9.17, 15) is 4.39 Å². The standard InChI is InChI=1S/C16H16FN5OS/c1-2-23-13-6-8-19-12(15(13)17)5-7-20-16(24)22-14-4-3-11(9-18)10-21-14/h3-4,6,8,10H,2,5,7H2,1H3,(H2,20,21,22,24). The monoisotopic (exact) mass is 345 g/mol. The average molecular weight is 345 g/mol. The summed E-state index contributed by atoms with van der Waals surface area (Å²) in [6.45, 7) is 2.59. The van der Waals surface area contributed by atoms with E-state index in [4.69, 9.17) is 22.2 Å². The van der Waals surface area contributed by atoms with Crippen molar-refractivity contribution in [1.29, 1.82) is 5.26 Å². The first-order valence-corrected chi connectivity index (χ1v) is 7.72. The second-order valence-electron chi connectivity index (χ2n) is 4.68. The van der Waals surface area contributed by atoms with Crippen LogP contribution in [-0.4, -0.2) is 28.2 Å². The van der Waals surface area contributed by atoms with Crippen molar-refractivity contribution in [3.63, 3.8) is 0 Å². The highest BCUT2D eigenvalue weighted by molar-refractivity contribution is 7.80. The fourth-order valence-electron chi connectivity index (χ4n) is 1.90. The molecule has 0 atom stereocenters. The molecule has 2 rings (SSSR count). The first-order chi connectivity index (χ1) is 11.6. The normalized spacial score (nSPS) is 9.88. The molecule has 0 saturated carbocycles. The summed E-state index contributed by atoms with van der Waals surface area (Å²) in [4.78, 5) is 8.07. The van der Waals surface area contributed by atoms with Gasteiger partial charge in [0, 0.05) is 31.4 Å². The van der Waals surface area contributed by atoms with Crippen LogP contribution in [0.2, 0.25) is 0 Å². The molecule has 0 saturated heterocycles. The number of hydrogen-bond donors (Lipinski definition) is 2. The smallest absolute Gasteiger partial charge is 0.186 e. The van der Waals surface area contributed by atoms with E-state index in [0.717, 1.165) is 0 Å². The van der Waals surface area contributed by atoms with E-state index in [-0.39, 0.29) is 5.75 Å².